The Kier molecular flexibility index (Phi) is 4.57. The molecule has 1 aliphatic rings. The number of hydrogen-bond acceptors (Lipinski definition) is 3. The van der Waals surface area contributed by atoms with E-state index >= 15 is 0 Å². The minimum Gasteiger partial charge on any atom is -0.319 e. The lowest BCUT2D eigenvalue weighted by Crippen LogP contribution is -2.42. The molecule has 0 spiro atoms. The van der Waals surface area contributed by atoms with E-state index < -0.39 is 17.0 Å². The Balaban J connectivity index is 2.27. The Morgan fingerprint density at radius 1 is 1.17 bits per heavy atom. The van der Waals surface area contributed by atoms with E-state index in [4.69, 9.17) is 0 Å². The summed E-state index contributed by atoms with van der Waals surface area (Å²) in [5.41, 5.74) is 0.151. The smallest absolute Gasteiger partial charge is 0.319 e. The molecule has 0 radical (unpaired) electrons. The molecule has 1 fully saturated rings. The molecular formula is C19H26N2O3. The van der Waals surface area contributed by atoms with Gasteiger partial charge in [-0.25, -0.2) is 4.79 Å². The van der Waals surface area contributed by atoms with Crippen molar-refractivity contribution in [3.05, 3.63) is 35.4 Å². The van der Waals surface area contributed by atoms with Gasteiger partial charge in [-0.1, -0.05) is 58.9 Å². The van der Waals surface area contributed by atoms with E-state index in [-0.39, 0.29) is 18.2 Å². The van der Waals surface area contributed by atoms with Crippen molar-refractivity contribution >= 4 is 17.7 Å². The molecule has 0 aliphatic carbocycles. The molecule has 1 aromatic carbocycles. The third-order valence-electron chi connectivity index (χ3n) is 4.57. The Labute approximate surface area is 143 Å². The lowest BCUT2D eigenvalue weighted by molar-refractivity contribution is -0.136. The van der Waals surface area contributed by atoms with Crippen molar-refractivity contribution in [3.8, 4) is 0 Å². The third-order valence-corrected chi connectivity index (χ3v) is 4.57. The van der Waals surface area contributed by atoms with Gasteiger partial charge in [0.2, 0.25) is 0 Å². The number of nitrogens with one attached hydrogen (secondary N) is 1. The zero-order chi connectivity index (χ0) is 18.3. The summed E-state index contributed by atoms with van der Waals surface area (Å²) in [5.74, 6) is -0.144. The van der Waals surface area contributed by atoms with Crippen LogP contribution in [-0.4, -0.2) is 29.2 Å². The molecule has 24 heavy (non-hydrogen) atoms. The quantitative estimate of drug-likeness (QED) is 0.862. The van der Waals surface area contributed by atoms with Gasteiger partial charge in [0.05, 0.1) is 6.54 Å². The minimum absolute atomic E-state index is 0.148. The van der Waals surface area contributed by atoms with Crippen molar-refractivity contribution in [3.63, 3.8) is 0 Å². The molecule has 3 amide bonds. The van der Waals surface area contributed by atoms with Crippen LogP contribution in [0.1, 0.15) is 58.6 Å². The SMILES string of the molecule is CC(C)c1ccc([C@@]2(C)NC(=O)N(CC(=O)C(C)(C)C)C2=O)cc1. The molecule has 5 heteroatoms. The highest BCUT2D eigenvalue weighted by Gasteiger charge is 2.49. The normalized spacial score (nSPS) is 21.4. The molecule has 1 saturated heterocycles. The first-order valence-corrected chi connectivity index (χ1v) is 8.24. The second-order valence-electron chi connectivity index (χ2n) is 7.90. The van der Waals surface area contributed by atoms with Crippen LogP contribution in [0.4, 0.5) is 4.79 Å². The topological polar surface area (TPSA) is 66.5 Å². The molecule has 5 nitrogen and oxygen atoms in total. The average molecular weight is 330 g/mol. The van der Waals surface area contributed by atoms with Crippen molar-refractivity contribution in [1.82, 2.24) is 10.2 Å². The van der Waals surface area contributed by atoms with Crippen LogP contribution in [0, 0.1) is 5.41 Å². The van der Waals surface area contributed by atoms with E-state index in [0.717, 1.165) is 10.5 Å². The van der Waals surface area contributed by atoms with Gasteiger partial charge in [0.25, 0.3) is 5.91 Å². The Morgan fingerprint density at radius 2 is 1.71 bits per heavy atom. The maximum atomic E-state index is 12.8. The first kappa shape index (κ1) is 18.2. The number of nitrogens with zero attached hydrogens (tertiary/aromatic N) is 1. The molecule has 130 valence electrons. The standard InChI is InChI=1S/C19H26N2O3/c1-12(2)13-7-9-14(10-8-13)19(6)16(23)21(17(24)20-19)11-15(22)18(3,4)5/h7-10,12H,11H2,1-6H3,(H,20,24)/t19-/m1/s1. The maximum Gasteiger partial charge on any atom is 0.325 e. The molecule has 1 N–H and O–H groups in total. The molecule has 1 aliphatic heterocycles. The Hall–Kier alpha value is -2.17. The van der Waals surface area contributed by atoms with Gasteiger partial charge >= 0.3 is 6.03 Å². The van der Waals surface area contributed by atoms with Crippen molar-refractivity contribution in [1.29, 1.82) is 0 Å². The summed E-state index contributed by atoms with van der Waals surface area (Å²) in [6, 6.07) is 7.14. The number of Topliss-reactive ketones (excluding diaryl/α,β-unsaturated/α-hetero) is 1. The van der Waals surface area contributed by atoms with Crippen molar-refractivity contribution in [2.75, 3.05) is 6.54 Å². The number of carbonyl (C=O) groups excluding carboxylic acids is 3. The fourth-order valence-corrected chi connectivity index (χ4v) is 2.62. The fraction of sp³-hybridized carbons (Fsp3) is 0.526. The summed E-state index contributed by atoms with van der Waals surface area (Å²) < 4.78 is 0. The van der Waals surface area contributed by atoms with Crippen molar-refractivity contribution < 1.29 is 14.4 Å². The summed E-state index contributed by atoms with van der Waals surface area (Å²) in [6.45, 7) is 11.0. The van der Waals surface area contributed by atoms with E-state index in [1.54, 1.807) is 27.7 Å². The number of rotatable bonds is 4. The molecule has 0 aromatic heterocycles. The van der Waals surface area contributed by atoms with Gasteiger partial charge in [0.1, 0.15) is 5.54 Å². The van der Waals surface area contributed by atoms with E-state index in [2.05, 4.69) is 19.2 Å². The molecular weight excluding hydrogens is 304 g/mol. The average Bonchev–Trinajstić information content (AvgIpc) is 2.70. The molecule has 1 heterocycles. The van der Waals surface area contributed by atoms with Crippen molar-refractivity contribution in [2.45, 2.75) is 53.0 Å². The molecule has 0 bridgehead atoms. The molecule has 2 rings (SSSR count). The van der Waals surface area contributed by atoms with Gasteiger partial charge in [0.15, 0.2) is 5.78 Å². The highest BCUT2D eigenvalue weighted by Crippen LogP contribution is 2.30. The summed E-state index contributed by atoms with van der Waals surface area (Å²) >= 11 is 0. The van der Waals surface area contributed by atoms with Crippen molar-refractivity contribution in [2.24, 2.45) is 5.41 Å². The van der Waals surface area contributed by atoms with Gasteiger partial charge in [-0.05, 0) is 24.0 Å². The maximum absolute atomic E-state index is 12.8. The van der Waals surface area contributed by atoms with Gasteiger partial charge < -0.3 is 5.32 Å². The third kappa shape index (κ3) is 3.21. The largest absolute Gasteiger partial charge is 0.325 e. The van der Waals surface area contributed by atoms with Gasteiger partial charge in [-0.3, -0.25) is 14.5 Å². The van der Waals surface area contributed by atoms with Gasteiger partial charge in [-0.2, -0.15) is 0 Å². The van der Waals surface area contributed by atoms with Crippen LogP contribution in [0.25, 0.3) is 0 Å². The second kappa shape index (κ2) is 6.04. The van der Waals surface area contributed by atoms with Crippen LogP contribution in [0.3, 0.4) is 0 Å². The van der Waals surface area contributed by atoms with Crippen LogP contribution >= 0.6 is 0 Å². The van der Waals surface area contributed by atoms with Crippen LogP contribution in [-0.2, 0) is 15.1 Å². The van der Waals surface area contributed by atoms with Gasteiger partial charge in [-0.15, -0.1) is 0 Å². The fourth-order valence-electron chi connectivity index (χ4n) is 2.62. The van der Waals surface area contributed by atoms with E-state index in [1.165, 1.54) is 5.56 Å². The summed E-state index contributed by atoms with van der Waals surface area (Å²) in [7, 11) is 0. The zero-order valence-corrected chi connectivity index (χ0v) is 15.3. The Morgan fingerprint density at radius 3 is 2.17 bits per heavy atom. The van der Waals surface area contributed by atoms with Crippen LogP contribution in [0.15, 0.2) is 24.3 Å². The van der Waals surface area contributed by atoms with E-state index in [9.17, 15) is 14.4 Å². The highest BCUT2D eigenvalue weighted by atomic mass is 16.2. The number of imide groups is 1. The predicted octanol–water partition coefficient (Wildman–Crippen LogP) is 3.19. The molecule has 1 atom stereocenters. The predicted molar refractivity (Wildman–Crippen MR) is 92.6 cm³/mol. The lowest BCUT2D eigenvalue weighted by Gasteiger charge is -2.24. The molecule has 0 saturated carbocycles. The molecule has 1 aromatic rings. The summed E-state index contributed by atoms with van der Waals surface area (Å²) in [5, 5.41) is 2.74. The first-order chi connectivity index (χ1) is 11.0. The van der Waals surface area contributed by atoms with Crippen LogP contribution < -0.4 is 5.32 Å². The van der Waals surface area contributed by atoms with Crippen LogP contribution in [0.5, 0.6) is 0 Å². The molecule has 0 unspecified atom stereocenters. The number of amides is 3. The number of benzene rings is 1. The Bertz CT molecular complexity index is 671. The first-order valence-electron chi connectivity index (χ1n) is 8.24. The van der Waals surface area contributed by atoms with E-state index in [1.807, 2.05) is 24.3 Å². The zero-order valence-electron chi connectivity index (χ0n) is 15.3. The van der Waals surface area contributed by atoms with Gasteiger partial charge in [0, 0.05) is 5.41 Å². The number of hydrogen-bond donors (Lipinski definition) is 1. The second-order valence-corrected chi connectivity index (χ2v) is 7.90. The lowest BCUT2D eigenvalue weighted by atomic mass is 9.89. The number of ketones is 1. The number of urea groups is 1. The summed E-state index contributed by atoms with van der Waals surface area (Å²) in [4.78, 5) is 38.3. The van der Waals surface area contributed by atoms with E-state index in [0.29, 0.717) is 5.92 Å². The summed E-state index contributed by atoms with van der Waals surface area (Å²) in [6.07, 6.45) is 0. The van der Waals surface area contributed by atoms with Crippen LogP contribution in [0.2, 0.25) is 0 Å². The minimum atomic E-state index is -1.13. The number of carbonyl (C=O) groups is 3. The monoisotopic (exact) mass is 330 g/mol. The highest BCUT2D eigenvalue weighted by molar-refractivity contribution is 6.09.